The number of imidazole rings is 1. The zero-order valence-corrected chi connectivity index (χ0v) is 21.0. The lowest BCUT2D eigenvalue weighted by Crippen LogP contribution is -2.53. The summed E-state index contributed by atoms with van der Waals surface area (Å²) in [6.45, 7) is 3.05. The Hall–Kier alpha value is -4.11. The van der Waals surface area contributed by atoms with Gasteiger partial charge in [-0.25, -0.2) is 4.98 Å². The van der Waals surface area contributed by atoms with E-state index >= 15 is 0 Å². The molecule has 0 spiro atoms. The van der Waals surface area contributed by atoms with E-state index in [4.69, 9.17) is 4.98 Å². The van der Waals surface area contributed by atoms with Crippen molar-refractivity contribution in [2.24, 2.45) is 5.92 Å². The molecule has 2 aromatic heterocycles. The minimum atomic E-state index is -4.49. The van der Waals surface area contributed by atoms with Crippen molar-refractivity contribution in [3.8, 4) is 22.5 Å². The molecular formula is C30H26F3N5O. The van der Waals surface area contributed by atoms with Crippen LogP contribution < -0.4 is 10.9 Å². The first-order valence-corrected chi connectivity index (χ1v) is 13.2. The lowest BCUT2D eigenvalue weighted by molar-refractivity contribution is -0.137. The number of fused-ring (bicyclic) bond motifs is 5. The second kappa shape index (κ2) is 8.98. The van der Waals surface area contributed by atoms with Crippen molar-refractivity contribution >= 4 is 27.6 Å². The van der Waals surface area contributed by atoms with E-state index in [0.29, 0.717) is 34.1 Å². The number of alkyl halides is 3. The number of pyridine rings is 1. The molecule has 39 heavy (non-hydrogen) atoms. The third kappa shape index (κ3) is 4.17. The first kappa shape index (κ1) is 24.0. The van der Waals surface area contributed by atoms with Crippen LogP contribution >= 0.6 is 0 Å². The summed E-state index contributed by atoms with van der Waals surface area (Å²) < 4.78 is 41.3. The number of nitrogens with zero attached hydrogens (tertiary/aromatic N) is 2. The fourth-order valence-corrected chi connectivity index (χ4v) is 6.21. The monoisotopic (exact) mass is 529 g/mol. The number of aromatic amines is 2. The molecule has 198 valence electrons. The highest BCUT2D eigenvalue weighted by molar-refractivity contribution is 6.00. The van der Waals surface area contributed by atoms with Gasteiger partial charge >= 0.3 is 6.18 Å². The fourth-order valence-electron chi connectivity index (χ4n) is 6.21. The van der Waals surface area contributed by atoms with Gasteiger partial charge in [0.1, 0.15) is 11.4 Å². The minimum Gasteiger partial charge on any atom is -0.379 e. The van der Waals surface area contributed by atoms with Gasteiger partial charge in [-0.1, -0.05) is 42.5 Å². The molecule has 3 aliphatic heterocycles. The van der Waals surface area contributed by atoms with E-state index < -0.39 is 11.7 Å². The van der Waals surface area contributed by atoms with Crippen LogP contribution in [-0.2, 0) is 6.18 Å². The molecule has 2 bridgehead atoms. The van der Waals surface area contributed by atoms with Crippen LogP contribution in [0.1, 0.15) is 18.4 Å². The lowest BCUT2D eigenvalue weighted by Gasteiger charge is -2.45. The Labute approximate surface area is 221 Å². The number of hydrogen-bond donors (Lipinski definition) is 3. The second-order valence-electron chi connectivity index (χ2n) is 10.5. The highest BCUT2D eigenvalue weighted by Crippen LogP contribution is 2.40. The molecule has 0 aliphatic carbocycles. The Bertz CT molecular complexity index is 1730. The molecule has 3 aliphatic rings. The van der Waals surface area contributed by atoms with Gasteiger partial charge in [0.15, 0.2) is 0 Å². The first-order valence-electron chi connectivity index (χ1n) is 13.2. The van der Waals surface area contributed by atoms with Crippen molar-refractivity contribution in [1.29, 1.82) is 0 Å². The third-order valence-corrected chi connectivity index (χ3v) is 8.17. The van der Waals surface area contributed by atoms with Crippen LogP contribution in [0.2, 0.25) is 0 Å². The summed E-state index contributed by atoms with van der Waals surface area (Å²) in [5, 5.41) is 4.43. The molecule has 5 aromatic rings. The zero-order valence-electron chi connectivity index (χ0n) is 21.0. The van der Waals surface area contributed by atoms with Crippen molar-refractivity contribution in [1.82, 2.24) is 19.9 Å². The fraction of sp³-hybridized carbons (Fsp3) is 0.267. The summed E-state index contributed by atoms with van der Waals surface area (Å²) in [7, 11) is 0. The molecule has 3 fully saturated rings. The van der Waals surface area contributed by atoms with Crippen molar-refractivity contribution in [2.75, 3.05) is 25.0 Å². The number of halogens is 3. The number of piperidine rings is 3. The van der Waals surface area contributed by atoms with E-state index in [1.807, 2.05) is 24.3 Å². The molecule has 9 heteroatoms. The van der Waals surface area contributed by atoms with E-state index in [1.165, 1.54) is 12.1 Å². The average molecular weight is 530 g/mol. The molecule has 0 unspecified atom stereocenters. The second-order valence-corrected chi connectivity index (χ2v) is 10.5. The first-order chi connectivity index (χ1) is 18.8. The molecule has 0 radical (unpaired) electrons. The van der Waals surface area contributed by atoms with Crippen LogP contribution in [0.15, 0.2) is 71.5 Å². The van der Waals surface area contributed by atoms with Crippen LogP contribution in [0.4, 0.5) is 18.9 Å². The van der Waals surface area contributed by atoms with Gasteiger partial charge in [0.05, 0.1) is 27.8 Å². The SMILES string of the molecule is O=c1[nH]c2cc(-c3ccccc3C(F)(F)F)ccc2c(N[C@H]2CN3CCC2CC3)c1-c1nc2ccccc2[nH]1. The van der Waals surface area contributed by atoms with Crippen LogP contribution in [0, 0.1) is 5.92 Å². The van der Waals surface area contributed by atoms with Crippen molar-refractivity contribution in [3.63, 3.8) is 0 Å². The Morgan fingerprint density at radius 1 is 0.923 bits per heavy atom. The molecular weight excluding hydrogens is 503 g/mol. The molecule has 0 saturated carbocycles. The van der Waals surface area contributed by atoms with E-state index in [1.54, 1.807) is 24.3 Å². The number of nitrogens with one attached hydrogen (secondary N) is 3. The van der Waals surface area contributed by atoms with Crippen molar-refractivity contribution in [3.05, 3.63) is 82.6 Å². The predicted octanol–water partition coefficient (Wildman–Crippen LogP) is 6.26. The third-order valence-electron chi connectivity index (χ3n) is 8.17. The summed E-state index contributed by atoms with van der Waals surface area (Å²) in [5.74, 6) is 0.945. The Morgan fingerprint density at radius 3 is 2.44 bits per heavy atom. The molecule has 8 rings (SSSR count). The van der Waals surface area contributed by atoms with Crippen LogP contribution in [0.3, 0.4) is 0 Å². The summed E-state index contributed by atoms with van der Waals surface area (Å²) in [4.78, 5) is 27.0. The van der Waals surface area contributed by atoms with E-state index in [0.717, 1.165) is 55.0 Å². The maximum absolute atomic E-state index is 13.8. The van der Waals surface area contributed by atoms with Gasteiger partial charge in [-0.3, -0.25) is 4.79 Å². The number of aromatic nitrogens is 3. The Morgan fingerprint density at radius 2 is 1.69 bits per heavy atom. The highest BCUT2D eigenvalue weighted by atomic mass is 19.4. The highest BCUT2D eigenvalue weighted by Gasteiger charge is 2.36. The smallest absolute Gasteiger partial charge is 0.379 e. The number of hydrogen-bond acceptors (Lipinski definition) is 4. The topological polar surface area (TPSA) is 76.8 Å². The summed E-state index contributed by atoms with van der Waals surface area (Å²) >= 11 is 0. The van der Waals surface area contributed by atoms with Crippen LogP contribution in [0.5, 0.6) is 0 Å². The van der Waals surface area contributed by atoms with E-state index in [9.17, 15) is 18.0 Å². The van der Waals surface area contributed by atoms with Gasteiger partial charge in [0, 0.05) is 18.0 Å². The van der Waals surface area contributed by atoms with Gasteiger partial charge in [-0.15, -0.1) is 0 Å². The van der Waals surface area contributed by atoms with Crippen molar-refractivity contribution in [2.45, 2.75) is 25.1 Å². The normalized spacial score (nSPS) is 21.1. The molecule has 6 nitrogen and oxygen atoms in total. The maximum atomic E-state index is 13.8. The molecule has 3 saturated heterocycles. The summed E-state index contributed by atoms with van der Waals surface area (Å²) in [6.07, 6.45) is -2.30. The number of para-hydroxylation sites is 2. The Kier molecular flexibility index (Phi) is 5.52. The number of anilines is 1. The van der Waals surface area contributed by atoms with Gasteiger partial charge in [0.25, 0.3) is 5.56 Å². The standard InChI is InChI=1S/C30H26F3N5O/c31-30(32,33)21-6-2-1-5-19(21)18-9-10-20-24(15-18)37-29(39)26(28-35-22-7-3-4-8-23(22)36-28)27(20)34-25-16-38-13-11-17(25)12-14-38/h1-10,15,17,25H,11-14,16H2,(H,35,36)(H2,34,37,39)/t25-/m0/s1. The molecule has 3 aromatic carbocycles. The van der Waals surface area contributed by atoms with Gasteiger partial charge in [-0.05, 0) is 67.2 Å². The van der Waals surface area contributed by atoms with E-state index in [-0.39, 0.29) is 17.2 Å². The largest absolute Gasteiger partial charge is 0.417 e. The number of H-pyrrole nitrogens is 2. The number of rotatable bonds is 4. The van der Waals surface area contributed by atoms with Crippen LogP contribution in [0.25, 0.3) is 44.5 Å². The molecule has 3 N–H and O–H groups in total. The average Bonchev–Trinajstić information content (AvgIpc) is 3.36. The lowest BCUT2D eigenvalue weighted by atomic mass is 9.83. The zero-order chi connectivity index (χ0) is 26.7. The predicted molar refractivity (Wildman–Crippen MR) is 147 cm³/mol. The molecule has 1 atom stereocenters. The minimum absolute atomic E-state index is 0.0704. The maximum Gasteiger partial charge on any atom is 0.417 e. The quantitative estimate of drug-likeness (QED) is 0.257. The van der Waals surface area contributed by atoms with Gasteiger partial charge in [-0.2, -0.15) is 13.2 Å². The number of benzene rings is 3. The summed E-state index contributed by atoms with van der Waals surface area (Å²) in [6, 6.07) is 18.4. The van der Waals surface area contributed by atoms with E-state index in [2.05, 4.69) is 20.2 Å². The van der Waals surface area contributed by atoms with Gasteiger partial charge < -0.3 is 20.2 Å². The van der Waals surface area contributed by atoms with Crippen molar-refractivity contribution < 1.29 is 13.2 Å². The molecule has 5 heterocycles. The summed E-state index contributed by atoms with van der Waals surface area (Å²) in [5.41, 5.74) is 2.49. The van der Waals surface area contributed by atoms with Crippen LogP contribution in [-0.4, -0.2) is 45.5 Å². The molecule has 0 amide bonds. The van der Waals surface area contributed by atoms with Gasteiger partial charge in [0.2, 0.25) is 0 Å². The Balaban J connectivity index is 1.41.